The lowest BCUT2D eigenvalue weighted by Crippen LogP contribution is -2.23. The molecule has 0 saturated heterocycles. The van der Waals surface area contributed by atoms with Gasteiger partial charge in [0.25, 0.3) is 0 Å². The molecule has 0 radical (unpaired) electrons. The molecule has 6 nitrogen and oxygen atoms in total. The van der Waals surface area contributed by atoms with E-state index in [0.717, 1.165) is 22.1 Å². The van der Waals surface area contributed by atoms with Crippen molar-refractivity contribution in [2.24, 2.45) is 0 Å². The zero-order chi connectivity index (χ0) is 13.4. The quantitative estimate of drug-likeness (QED) is 0.717. The Bertz CT molecular complexity index is 771. The number of aromatic amines is 1. The zero-order valence-electron chi connectivity index (χ0n) is 10.3. The van der Waals surface area contributed by atoms with Crippen molar-refractivity contribution in [3.05, 3.63) is 47.9 Å². The Morgan fingerprint density at radius 2 is 1.53 bits per heavy atom. The van der Waals surface area contributed by atoms with Crippen LogP contribution in [0.15, 0.2) is 42.2 Å². The van der Waals surface area contributed by atoms with E-state index in [9.17, 15) is 4.79 Å². The van der Waals surface area contributed by atoms with Crippen molar-refractivity contribution in [1.29, 1.82) is 0 Å². The summed E-state index contributed by atoms with van der Waals surface area (Å²) in [5.74, 6) is 0. The van der Waals surface area contributed by atoms with Gasteiger partial charge in [-0.05, 0) is 12.1 Å². The SMILES string of the molecule is C=CCn1c(=O)n(CC=C)c2cc3n[nH]nc3cc21. The minimum atomic E-state index is -0.0774. The van der Waals surface area contributed by atoms with Crippen LogP contribution in [-0.4, -0.2) is 24.5 Å². The molecule has 1 N–H and O–H groups in total. The summed E-state index contributed by atoms with van der Waals surface area (Å²) in [5, 5.41) is 10.7. The van der Waals surface area contributed by atoms with E-state index >= 15 is 0 Å². The maximum Gasteiger partial charge on any atom is 0.329 e. The van der Waals surface area contributed by atoms with Gasteiger partial charge in [-0.2, -0.15) is 15.4 Å². The van der Waals surface area contributed by atoms with Gasteiger partial charge in [0, 0.05) is 13.1 Å². The first kappa shape index (κ1) is 11.5. The number of allylic oxidation sites excluding steroid dienone is 2. The normalized spacial score (nSPS) is 11.2. The fourth-order valence-corrected chi connectivity index (χ4v) is 2.26. The van der Waals surface area contributed by atoms with Crippen molar-refractivity contribution in [3.8, 4) is 0 Å². The van der Waals surface area contributed by atoms with E-state index in [1.54, 1.807) is 21.3 Å². The van der Waals surface area contributed by atoms with E-state index in [-0.39, 0.29) is 5.69 Å². The first-order valence-electron chi connectivity index (χ1n) is 5.91. The molecular weight excluding hydrogens is 242 g/mol. The second-order valence-corrected chi connectivity index (χ2v) is 4.23. The molecule has 0 amide bonds. The minimum absolute atomic E-state index is 0.0774. The van der Waals surface area contributed by atoms with Crippen molar-refractivity contribution in [1.82, 2.24) is 24.5 Å². The number of H-pyrrole nitrogens is 1. The second kappa shape index (κ2) is 4.24. The molecule has 0 unspecified atom stereocenters. The number of imidazole rings is 1. The zero-order valence-corrected chi connectivity index (χ0v) is 10.3. The molecule has 1 aromatic carbocycles. The molecule has 6 heteroatoms. The number of aromatic nitrogens is 5. The van der Waals surface area contributed by atoms with Gasteiger partial charge in [0.2, 0.25) is 0 Å². The third-order valence-corrected chi connectivity index (χ3v) is 3.08. The van der Waals surface area contributed by atoms with E-state index in [1.807, 2.05) is 12.1 Å². The Kier molecular flexibility index (Phi) is 2.56. The van der Waals surface area contributed by atoms with E-state index in [2.05, 4.69) is 28.6 Å². The Morgan fingerprint density at radius 1 is 1.05 bits per heavy atom. The van der Waals surface area contributed by atoms with Crippen molar-refractivity contribution < 1.29 is 0 Å². The Morgan fingerprint density at radius 3 is 1.95 bits per heavy atom. The Balaban J connectivity index is 2.44. The van der Waals surface area contributed by atoms with Crippen molar-refractivity contribution >= 4 is 22.1 Å². The molecule has 2 heterocycles. The van der Waals surface area contributed by atoms with Gasteiger partial charge >= 0.3 is 5.69 Å². The smallest absolute Gasteiger partial charge is 0.288 e. The van der Waals surface area contributed by atoms with Crippen LogP contribution >= 0.6 is 0 Å². The summed E-state index contributed by atoms with van der Waals surface area (Å²) >= 11 is 0. The average molecular weight is 255 g/mol. The van der Waals surface area contributed by atoms with Crippen molar-refractivity contribution in [2.75, 3.05) is 0 Å². The van der Waals surface area contributed by atoms with Gasteiger partial charge in [-0.15, -0.1) is 13.2 Å². The number of nitrogens with zero attached hydrogens (tertiary/aromatic N) is 4. The van der Waals surface area contributed by atoms with Crippen molar-refractivity contribution in [2.45, 2.75) is 13.1 Å². The Hall–Kier alpha value is -2.63. The molecule has 0 aliphatic heterocycles. The average Bonchev–Trinajstić information content (AvgIpc) is 2.95. The molecular formula is C13H13N5O. The van der Waals surface area contributed by atoms with Gasteiger partial charge in [0.15, 0.2) is 0 Å². The highest BCUT2D eigenvalue weighted by Gasteiger charge is 2.13. The third-order valence-electron chi connectivity index (χ3n) is 3.08. The summed E-state index contributed by atoms with van der Waals surface area (Å²) in [5.41, 5.74) is 3.05. The molecule has 0 bridgehead atoms. The van der Waals surface area contributed by atoms with Crippen LogP contribution < -0.4 is 5.69 Å². The van der Waals surface area contributed by atoms with Crippen molar-refractivity contribution in [3.63, 3.8) is 0 Å². The van der Waals surface area contributed by atoms with Crippen LogP contribution in [0.3, 0.4) is 0 Å². The van der Waals surface area contributed by atoms with Crippen LogP contribution in [-0.2, 0) is 13.1 Å². The Labute approximate surface area is 108 Å². The number of hydrogen-bond acceptors (Lipinski definition) is 3. The number of nitrogens with one attached hydrogen (secondary N) is 1. The number of benzene rings is 1. The largest absolute Gasteiger partial charge is 0.329 e. The van der Waals surface area contributed by atoms with E-state index in [0.29, 0.717) is 13.1 Å². The summed E-state index contributed by atoms with van der Waals surface area (Å²) in [6.45, 7) is 8.30. The van der Waals surface area contributed by atoms with E-state index in [4.69, 9.17) is 0 Å². The summed E-state index contributed by atoms with van der Waals surface area (Å²) in [7, 11) is 0. The summed E-state index contributed by atoms with van der Waals surface area (Å²) in [6, 6.07) is 3.72. The molecule has 0 fully saturated rings. The monoisotopic (exact) mass is 255 g/mol. The number of rotatable bonds is 4. The van der Waals surface area contributed by atoms with Crippen LogP contribution in [0.25, 0.3) is 22.1 Å². The van der Waals surface area contributed by atoms with Crippen LogP contribution in [0.2, 0.25) is 0 Å². The maximum absolute atomic E-state index is 12.4. The van der Waals surface area contributed by atoms with Gasteiger partial charge in [-0.25, -0.2) is 4.79 Å². The molecule has 0 aliphatic carbocycles. The summed E-state index contributed by atoms with van der Waals surface area (Å²) < 4.78 is 3.33. The molecule has 0 aliphatic rings. The fourth-order valence-electron chi connectivity index (χ4n) is 2.26. The van der Waals surface area contributed by atoms with Gasteiger partial charge in [-0.1, -0.05) is 12.2 Å². The minimum Gasteiger partial charge on any atom is -0.288 e. The molecule has 0 atom stereocenters. The maximum atomic E-state index is 12.4. The van der Waals surface area contributed by atoms with Crippen LogP contribution in [0.1, 0.15) is 0 Å². The highest BCUT2D eigenvalue weighted by molar-refractivity contribution is 5.91. The highest BCUT2D eigenvalue weighted by Crippen LogP contribution is 2.19. The summed E-state index contributed by atoms with van der Waals surface area (Å²) in [6.07, 6.45) is 3.40. The van der Waals surface area contributed by atoms with Crippen LogP contribution in [0, 0.1) is 0 Å². The topological polar surface area (TPSA) is 68.5 Å². The fraction of sp³-hybridized carbons (Fsp3) is 0.154. The first-order chi connectivity index (χ1) is 9.26. The van der Waals surface area contributed by atoms with Crippen LogP contribution in [0.5, 0.6) is 0 Å². The van der Waals surface area contributed by atoms with E-state index in [1.165, 1.54) is 0 Å². The predicted molar refractivity (Wildman–Crippen MR) is 74.0 cm³/mol. The first-order valence-corrected chi connectivity index (χ1v) is 5.91. The predicted octanol–water partition coefficient (Wildman–Crippen LogP) is 1.45. The molecule has 3 aromatic rings. The number of hydrogen-bond donors (Lipinski definition) is 1. The molecule has 2 aromatic heterocycles. The molecule has 96 valence electrons. The standard InChI is InChI=1S/C13H13N5O/c1-3-5-17-11-7-9-10(15-16-14-9)8-12(11)18(6-4-2)13(17)19/h3-4,7-8H,1-2,5-6H2,(H,14,15,16). The summed E-state index contributed by atoms with van der Waals surface area (Å²) in [4.78, 5) is 12.4. The molecule has 3 rings (SSSR count). The van der Waals surface area contributed by atoms with Crippen LogP contribution in [0.4, 0.5) is 0 Å². The third kappa shape index (κ3) is 1.61. The van der Waals surface area contributed by atoms with Gasteiger partial charge in [0.05, 0.1) is 11.0 Å². The lowest BCUT2D eigenvalue weighted by atomic mass is 10.2. The lowest BCUT2D eigenvalue weighted by molar-refractivity contribution is 0.719. The highest BCUT2D eigenvalue weighted by atomic mass is 16.1. The van der Waals surface area contributed by atoms with Gasteiger partial charge in [0.1, 0.15) is 11.0 Å². The number of fused-ring (bicyclic) bond motifs is 2. The van der Waals surface area contributed by atoms with E-state index < -0.39 is 0 Å². The molecule has 0 saturated carbocycles. The molecule has 19 heavy (non-hydrogen) atoms. The van der Waals surface area contributed by atoms with Gasteiger partial charge < -0.3 is 0 Å². The lowest BCUT2D eigenvalue weighted by Gasteiger charge is -1.97. The van der Waals surface area contributed by atoms with Gasteiger partial charge in [-0.3, -0.25) is 9.13 Å². The second-order valence-electron chi connectivity index (χ2n) is 4.23. The molecule has 0 spiro atoms.